The molecule has 4 aromatic rings. The number of pyridine rings is 1. The van der Waals surface area contributed by atoms with E-state index in [4.69, 9.17) is 32.7 Å². The molecule has 11 heteroatoms. The molecular formula is C24H20Cl2FN5O3. The zero-order chi connectivity index (χ0) is 24.8. The van der Waals surface area contributed by atoms with E-state index < -0.39 is 11.9 Å². The number of hydrogen-bond donors (Lipinski definition) is 1. The second-order valence-corrected chi connectivity index (χ2v) is 8.12. The van der Waals surface area contributed by atoms with Gasteiger partial charge in [-0.1, -0.05) is 41.4 Å². The molecule has 0 fully saturated rings. The summed E-state index contributed by atoms with van der Waals surface area (Å²) < 4.78 is 25.3. The van der Waals surface area contributed by atoms with Gasteiger partial charge < -0.3 is 14.8 Å². The first-order valence-electron chi connectivity index (χ1n) is 10.6. The summed E-state index contributed by atoms with van der Waals surface area (Å²) in [4.78, 5) is 26.4. The molecule has 0 aliphatic rings. The topological polar surface area (TPSA) is 89.5 Å². The Morgan fingerprint density at radius 1 is 1.11 bits per heavy atom. The summed E-state index contributed by atoms with van der Waals surface area (Å²) in [5.41, 5.74) is 1.36. The van der Waals surface area contributed by atoms with Crippen molar-refractivity contribution in [1.29, 1.82) is 0 Å². The van der Waals surface area contributed by atoms with E-state index >= 15 is 0 Å². The number of carbonyl (C=O) groups is 1. The third-order valence-electron chi connectivity index (χ3n) is 4.88. The lowest BCUT2D eigenvalue weighted by Crippen LogP contribution is -2.30. The molecule has 0 spiro atoms. The lowest BCUT2D eigenvalue weighted by atomic mass is 10.2. The van der Waals surface area contributed by atoms with Gasteiger partial charge in [0.05, 0.1) is 22.8 Å². The van der Waals surface area contributed by atoms with Crippen molar-refractivity contribution >= 4 is 51.8 Å². The average molecular weight is 516 g/mol. The summed E-state index contributed by atoms with van der Waals surface area (Å²) in [5.74, 6) is 0.455. The lowest BCUT2D eigenvalue weighted by Gasteiger charge is -2.21. The van der Waals surface area contributed by atoms with Gasteiger partial charge in [-0.3, -0.25) is 4.90 Å². The Labute approximate surface area is 210 Å². The maximum atomic E-state index is 14.1. The van der Waals surface area contributed by atoms with Gasteiger partial charge in [0, 0.05) is 19.7 Å². The molecule has 0 radical (unpaired) electrons. The van der Waals surface area contributed by atoms with E-state index in [-0.39, 0.29) is 23.1 Å². The lowest BCUT2D eigenvalue weighted by molar-refractivity contribution is 0.208. The van der Waals surface area contributed by atoms with Gasteiger partial charge in [-0.05, 0) is 36.8 Å². The molecule has 1 amide bonds. The van der Waals surface area contributed by atoms with Crippen LogP contribution in [0.3, 0.4) is 0 Å². The van der Waals surface area contributed by atoms with E-state index in [0.717, 1.165) is 17.0 Å². The van der Waals surface area contributed by atoms with Crippen LogP contribution in [0.5, 0.6) is 11.5 Å². The van der Waals surface area contributed by atoms with Gasteiger partial charge in [-0.25, -0.2) is 24.1 Å². The zero-order valence-corrected chi connectivity index (χ0v) is 20.1. The van der Waals surface area contributed by atoms with Crippen molar-refractivity contribution in [1.82, 2.24) is 15.0 Å². The van der Waals surface area contributed by atoms with Crippen LogP contribution in [0.1, 0.15) is 6.42 Å². The highest BCUT2D eigenvalue weighted by Crippen LogP contribution is 2.37. The molecule has 0 saturated carbocycles. The van der Waals surface area contributed by atoms with Crippen LogP contribution < -0.4 is 19.7 Å². The van der Waals surface area contributed by atoms with E-state index in [9.17, 15) is 9.18 Å². The minimum absolute atomic E-state index is 0.0351. The molecule has 2 aromatic heterocycles. The molecular weight excluding hydrogens is 496 g/mol. The van der Waals surface area contributed by atoms with Gasteiger partial charge in [-0.15, -0.1) is 0 Å². The number of halogens is 3. The Morgan fingerprint density at radius 2 is 1.91 bits per heavy atom. The smallest absolute Gasteiger partial charge is 0.419 e. The molecule has 2 heterocycles. The van der Waals surface area contributed by atoms with Crippen LogP contribution in [0.4, 0.5) is 20.7 Å². The third-order valence-corrected chi connectivity index (χ3v) is 5.37. The summed E-state index contributed by atoms with van der Waals surface area (Å²) in [7, 11) is 1.45. The van der Waals surface area contributed by atoms with Gasteiger partial charge in [-0.2, -0.15) is 0 Å². The van der Waals surface area contributed by atoms with Crippen LogP contribution in [0, 0.1) is 5.82 Å². The minimum atomic E-state index is -0.716. The van der Waals surface area contributed by atoms with E-state index in [1.165, 1.54) is 13.4 Å². The average Bonchev–Trinajstić information content (AvgIpc) is 2.85. The fourth-order valence-corrected chi connectivity index (χ4v) is 3.60. The van der Waals surface area contributed by atoms with Crippen molar-refractivity contribution in [2.45, 2.75) is 6.42 Å². The first kappa shape index (κ1) is 24.4. The number of hydrogen-bond acceptors (Lipinski definition) is 7. The Morgan fingerprint density at radius 3 is 2.71 bits per heavy atom. The minimum Gasteiger partial charge on any atom is -0.490 e. The van der Waals surface area contributed by atoms with Gasteiger partial charge >= 0.3 is 6.09 Å². The molecule has 0 atom stereocenters. The quantitative estimate of drug-likeness (QED) is 0.227. The number of rotatable bonds is 8. The highest BCUT2D eigenvalue weighted by molar-refractivity contribution is 6.32. The number of amides is 1. The maximum Gasteiger partial charge on any atom is 0.419 e. The number of nitrogens with zero attached hydrogens (tertiary/aromatic N) is 4. The molecule has 0 aliphatic carbocycles. The summed E-state index contributed by atoms with van der Waals surface area (Å²) >= 11 is 12.2. The van der Waals surface area contributed by atoms with Crippen molar-refractivity contribution in [3.63, 3.8) is 0 Å². The van der Waals surface area contributed by atoms with Crippen LogP contribution in [-0.2, 0) is 0 Å². The number of anilines is 2. The molecule has 1 N–H and O–H groups in total. The van der Waals surface area contributed by atoms with E-state index in [0.29, 0.717) is 40.7 Å². The standard InChI is InChI=1S/C24H20Cl2FN5O3/c1-32(24(33)35-16-6-3-2-4-7-16)19-13-15(27)12-17(25)22(19)34-11-5-10-28-23-21-18(29-14-30-23)8-9-20(26)31-21/h2-4,6-9,12-14H,5,10-11H2,1H3,(H,28,29,30). The summed E-state index contributed by atoms with van der Waals surface area (Å²) in [5, 5.41) is 3.55. The van der Waals surface area contributed by atoms with E-state index in [2.05, 4.69) is 20.3 Å². The Bertz CT molecular complexity index is 1340. The van der Waals surface area contributed by atoms with E-state index in [1.807, 2.05) is 0 Å². The van der Waals surface area contributed by atoms with Crippen molar-refractivity contribution in [3.05, 3.63) is 76.9 Å². The fourth-order valence-electron chi connectivity index (χ4n) is 3.19. The van der Waals surface area contributed by atoms with Gasteiger partial charge in [0.2, 0.25) is 0 Å². The molecule has 8 nitrogen and oxygen atoms in total. The molecule has 0 aliphatic heterocycles. The second-order valence-electron chi connectivity index (χ2n) is 7.33. The second kappa shape index (κ2) is 11.2. The predicted octanol–water partition coefficient (Wildman–Crippen LogP) is 5.99. The Kier molecular flexibility index (Phi) is 7.79. The van der Waals surface area contributed by atoms with Crippen molar-refractivity contribution in [2.75, 3.05) is 30.4 Å². The molecule has 35 heavy (non-hydrogen) atoms. The molecule has 2 aromatic carbocycles. The number of aromatic nitrogens is 3. The number of ether oxygens (including phenoxy) is 2. The largest absolute Gasteiger partial charge is 0.490 e. The van der Waals surface area contributed by atoms with Crippen LogP contribution in [0.15, 0.2) is 60.9 Å². The van der Waals surface area contributed by atoms with E-state index in [1.54, 1.807) is 42.5 Å². The van der Waals surface area contributed by atoms with Crippen molar-refractivity contribution in [3.8, 4) is 11.5 Å². The number of nitrogens with one attached hydrogen (secondary N) is 1. The zero-order valence-electron chi connectivity index (χ0n) is 18.5. The first-order chi connectivity index (χ1) is 16.9. The third kappa shape index (κ3) is 6.06. The van der Waals surface area contributed by atoms with Crippen LogP contribution in [-0.4, -0.2) is 41.2 Å². The van der Waals surface area contributed by atoms with Crippen LogP contribution >= 0.6 is 23.2 Å². The van der Waals surface area contributed by atoms with Crippen molar-refractivity contribution < 1.29 is 18.7 Å². The molecule has 0 saturated heterocycles. The Balaban J connectivity index is 1.40. The highest BCUT2D eigenvalue weighted by Gasteiger charge is 2.21. The number of benzene rings is 2. The van der Waals surface area contributed by atoms with Crippen LogP contribution in [0.25, 0.3) is 11.0 Å². The SMILES string of the molecule is CN(C(=O)Oc1ccccc1)c1cc(F)cc(Cl)c1OCCCNc1ncnc2ccc(Cl)nc12. The normalized spacial score (nSPS) is 10.7. The predicted molar refractivity (Wildman–Crippen MR) is 133 cm³/mol. The van der Waals surface area contributed by atoms with Crippen molar-refractivity contribution in [2.24, 2.45) is 0 Å². The fraction of sp³-hybridized carbons (Fsp3) is 0.167. The monoisotopic (exact) mass is 515 g/mol. The van der Waals surface area contributed by atoms with Gasteiger partial charge in [0.1, 0.15) is 28.6 Å². The maximum absolute atomic E-state index is 14.1. The first-order valence-corrected chi connectivity index (χ1v) is 11.3. The molecule has 180 valence electrons. The summed E-state index contributed by atoms with van der Waals surface area (Å²) in [6.45, 7) is 0.713. The molecule has 0 unspecified atom stereocenters. The number of carbonyl (C=O) groups excluding carboxylic acids is 1. The van der Waals surface area contributed by atoms with Gasteiger partial charge in [0.15, 0.2) is 11.6 Å². The summed E-state index contributed by atoms with van der Waals surface area (Å²) in [6.07, 6.45) is 1.26. The number of fused-ring (bicyclic) bond motifs is 1. The highest BCUT2D eigenvalue weighted by atomic mass is 35.5. The summed E-state index contributed by atoms with van der Waals surface area (Å²) in [6, 6.07) is 14.2. The number of para-hydroxylation sites is 1. The van der Waals surface area contributed by atoms with Gasteiger partial charge in [0.25, 0.3) is 0 Å². The molecule has 0 bridgehead atoms. The molecule has 4 rings (SSSR count). The Hall–Kier alpha value is -3.69. The van der Waals surface area contributed by atoms with Crippen LogP contribution in [0.2, 0.25) is 10.2 Å².